The molecule has 1 fully saturated rings. The average molecular weight is 249 g/mol. The first-order chi connectivity index (χ1) is 8.79. The van der Waals surface area contributed by atoms with Gasteiger partial charge < -0.3 is 15.4 Å². The van der Waals surface area contributed by atoms with Gasteiger partial charge in [-0.3, -0.25) is 0 Å². The number of methoxy groups -OCH3 is 1. The lowest BCUT2D eigenvalue weighted by atomic mass is 10.1. The lowest BCUT2D eigenvalue weighted by Crippen LogP contribution is -2.22. The number of pyridine rings is 1. The Morgan fingerprint density at radius 1 is 1.50 bits per heavy atom. The zero-order valence-electron chi connectivity index (χ0n) is 10.6. The molecule has 5 nitrogen and oxygen atoms in total. The van der Waals surface area contributed by atoms with Gasteiger partial charge in [-0.05, 0) is 44.5 Å². The number of carbonyl (C=O) groups is 1. The van der Waals surface area contributed by atoms with Gasteiger partial charge in [0.15, 0.2) is 0 Å². The van der Waals surface area contributed by atoms with Crippen molar-refractivity contribution in [2.45, 2.75) is 25.3 Å². The molecule has 1 aromatic heterocycles. The Hall–Kier alpha value is -1.62. The van der Waals surface area contributed by atoms with Crippen LogP contribution in [0.3, 0.4) is 0 Å². The molecule has 2 heterocycles. The number of hydrogen-bond acceptors (Lipinski definition) is 5. The normalized spacial score (nSPS) is 19.9. The maximum absolute atomic E-state index is 11.4. The molecule has 0 aliphatic carbocycles. The first-order valence-corrected chi connectivity index (χ1v) is 6.31. The molecule has 0 bridgehead atoms. The average Bonchev–Trinajstić information content (AvgIpc) is 2.67. The van der Waals surface area contributed by atoms with E-state index in [9.17, 15) is 4.79 Å². The van der Waals surface area contributed by atoms with Gasteiger partial charge in [-0.25, -0.2) is 9.78 Å². The van der Waals surface area contributed by atoms with Crippen LogP contribution in [0.5, 0.6) is 0 Å². The lowest BCUT2D eigenvalue weighted by molar-refractivity contribution is 0.0600. The van der Waals surface area contributed by atoms with Crippen molar-refractivity contribution < 1.29 is 9.53 Å². The molecule has 1 unspecified atom stereocenters. The summed E-state index contributed by atoms with van der Waals surface area (Å²) in [4.78, 5) is 15.7. The highest BCUT2D eigenvalue weighted by molar-refractivity contribution is 5.89. The molecule has 98 valence electrons. The van der Waals surface area contributed by atoms with Crippen LogP contribution in [0.4, 0.5) is 5.82 Å². The van der Waals surface area contributed by atoms with Crippen LogP contribution in [0.2, 0.25) is 0 Å². The highest BCUT2D eigenvalue weighted by Crippen LogP contribution is 2.14. The van der Waals surface area contributed by atoms with Gasteiger partial charge in [-0.1, -0.05) is 0 Å². The number of anilines is 1. The first-order valence-electron chi connectivity index (χ1n) is 6.31. The molecule has 0 amide bonds. The third-order valence-electron chi connectivity index (χ3n) is 3.11. The summed E-state index contributed by atoms with van der Waals surface area (Å²) in [5, 5.41) is 6.75. The Morgan fingerprint density at radius 3 is 3.22 bits per heavy atom. The highest BCUT2D eigenvalue weighted by Gasteiger charge is 2.13. The quantitative estimate of drug-likeness (QED) is 0.793. The van der Waals surface area contributed by atoms with Crippen molar-refractivity contribution in [1.82, 2.24) is 10.3 Å². The molecule has 2 rings (SSSR count). The second-order valence-corrected chi connectivity index (χ2v) is 4.44. The van der Waals surface area contributed by atoms with Crippen LogP contribution in [0, 0.1) is 0 Å². The van der Waals surface area contributed by atoms with Crippen molar-refractivity contribution in [1.29, 1.82) is 0 Å². The van der Waals surface area contributed by atoms with E-state index in [2.05, 4.69) is 15.6 Å². The van der Waals surface area contributed by atoms with Crippen molar-refractivity contribution >= 4 is 11.8 Å². The van der Waals surface area contributed by atoms with Crippen LogP contribution in [-0.2, 0) is 4.74 Å². The summed E-state index contributed by atoms with van der Waals surface area (Å²) in [5.41, 5.74) is 0.529. The summed E-state index contributed by atoms with van der Waals surface area (Å²) in [7, 11) is 1.38. The van der Waals surface area contributed by atoms with E-state index < -0.39 is 0 Å². The monoisotopic (exact) mass is 249 g/mol. The minimum Gasteiger partial charge on any atom is -0.465 e. The minimum atomic E-state index is -0.331. The van der Waals surface area contributed by atoms with Crippen LogP contribution >= 0.6 is 0 Å². The lowest BCUT2D eigenvalue weighted by Gasteiger charge is -2.16. The number of esters is 1. The first kappa shape index (κ1) is 12.8. The molecule has 0 radical (unpaired) electrons. The Morgan fingerprint density at radius 2 is 2.39 bits per heavy atom. The fourth-order valence-corrected chi connectivity index (χ4v) is 2.13. The minimum absolute atomic E-state index is 0.331. The fourth-order valence-electron chi connectivity index (χ4n) is 2.13. The topological polar surface area (TPSA) is 63.2 Å². The molecule has 0 aromatic carbocycles. The fraction of sp³-hybridized carbons (Fsp3) is 0.538. The largest absolute Gasteiger partial charge is 0.465 e. The van der Waals surface area contributed by atoms with E-state index in [4.69, 9.17) is 4.74 Å². The summed E-state index contributed by atoms with van der Waals surface area (Å²) in [6.07, 6.45) is 4.99. The predicted octanol–water partition coefficient (Wildman–Crippen LogP) is 1.42. The van der Waals surface area contributed by atoms with Crippen LogP contribution < -0.4 is 10.6 Å². The van der Waals surface area contributed by atoms with E-state index in [0.717, 1.165) is 38.2 Å². The molecule has 18 heavy (non-hydrogen) atoms. The number of nitrogens with one attached hydrogen (secondary N) is 2. The maximum Gasteiger partial charge on any atom is 0.338 e. The van der Waals surface area contributed by atoms with Gasteiger partial charge in [0, 0.05) is 12.2 Å². The van der Waals surface area contributed by atoms with Gasteiger partial charge in [0.1, 0.15) is 5.82 Å². The zero-order chi connectivity index (χ0) is 12.8. The third kappa shape index (κ3) is 3.43. The van der Waals surface area contributed by atoms with Crippen LogP contribution in [0.15, 0.2) is 18.3 Å². The Balaban J connectivity index is 2.01. The highest BCUT2D eigenvalue weighted by atomic mass is 16.5. The van der Waals surface area contributed by atoms with Crippen molar-refractivity contribution in [3.63, 3.8) is 0 Å². The van der Waals surface area contributed by atoms with Gasteiger partial charge in [-0.15, -0.1) is 0 Å². The summed E-state index contributed by atoms with van der Waals surface area (Å²) >= 11 is 0. The number of hydrogen-bond donors (Lipinski definition) is 2. The van der Waals surface area contributed by atoms with E-state index in [0.29, 0.717) is 11.6 Å². The molecule has 1 aliphatic rings. The van der Waals surface area contributed by atoms with Crippen molar-refractivity contribution in [2.24, 2.45) is 0 Å². The second-order valence-electron chi connectivity index (χ2n) is 4.44. The number of rotatable bonds is 3. The number of ether oxygens (including phenoxy) is 1. The van der Waals surface area contributed by atoms with E-state index in [1.54, 1.807) is 18.3 Å². The molecule has 1 atom stereocenters. The van der Waals surface area contributed by atoms with E-state index in [1.807, 2.05) is 0 Å². The molecule has 1 aromatic rings. The number of nitrogens with zero attached hydrogens (tertiary/aromatic N) is 1. The molecule has 0 spiro atoms. The van der Waals surface area contributed by atoms with Crippen LogP contribution in [0.1, 0.15) is 29.6 Å². The van der Waals surface area contributed by atoms with Gasteiger partial charge in [0.05, 0.1) is 12.7 Å². The molecular formula is C13H19N3O2. The summed E-state index contributed by atoms with van der Waals surface area (Å²) < 4.78 is 4.70. The van der Waals surface area contributed by atoms with Gasteiger partial charge in [0.2, 0.25) is 0 Å². The third-order valence-corrected chi connectivity index (χ3v) is 3.11. The second kappa shape index (κ2) is 6.35. The standard InChI is InChI=1S/C13H19N3O2/c1-18-13(17)10-4-8-15-12(9-10)16-11-3-2-6-14-7-5-11/h4,8-9,11,14H,2-3,5-7H2,1H3,(H,15,16). The molecular weight excluding hydrogens is 230 g/mol. The smallest absolute Gasteiger partial charge is 0.338 e. The molecule has 0 saturated carbocycles. The zero-order valence-corrected chi connectivity index (χ0v) is 10.6. The number of aromatic nitrogens is 1. The summed E-state index contributed by atoms with van der Waals surface area (Å²) in [6.45, 7) is 2.10. The Bertz CT molecular complexity index is 401. The Kier molecular flexibility index (Phi) is 4.52. The van der Waals surface area contributed by atoms with E-state index >= 15 is 0 Å². The van der Waals surface area contributed by atoms with E-state index in [1.165, 1.54) is 7.11 Å². The van der Waals surface area contributed by atoms with Crippen LogP contribution in [0.25, 0.3) is 0 Å². The maximum atomic E-state index is 11.4. The predicted molar refractivity (Wildman–Crippen MR) is 69.7 cm³/mol. The van der Waals surface area contributed by atoms with Crippen LogP contribution in [-0.4, -0.2) is 37.2 Å². The molecule has 1 aliphatic heterocycles. The SMILES string of the molecule is COC(=O)c1ccnc(NC2CCCNCC2)c1. The Labute approximate surface area is 107 Å². The van der Waals surface area contributed by atoms with Crippen molar-refractivity contribution in [3.8, 4) is 0 Å². The molecule has 2 N–H and O–H groups in total. The number of carbonyl (C=O) groups excluding carboxylic acids is 1. The summed E-state index contributed by atoms with van der Waals surface area (Å²) in [6, 6.07) is 3.82. The van der Waals surface area contributed by atoms with E-state index in [-0.39, 0.29) is 5.97 Å². The molecule has 5 heteroatoms. The molecule has 1 saturated heterocycles. The summed E-state index contributed by atoms with van der Waals surface area (Å²) in [5.74, 6) is 0.410. The van der Waals surface area contributed by atoms with Crippen molar-refractivity contribution in [3.05, 3.63) is 23.9 Å². The van der Waals surface area contributed by atoms with Gasteiger partial charge >= 0.3 is 5.97 Å². The van der Waals surface area contributed by atoms with Crippen molar-refractivity contribution in [2.75, 3.05) is 25.5 Å². The van der Waals surface area contributed by atoms with Gasteiger partial charge in [0.25, 0.3) is 0 Å². The van der Waals surface area contributed by atoms with Gasteiger partial charge in [-0.2, -0.15) is 0 Å².